The fraction of sp³-hybridized carbons (Fsp3) is 0.533. The summed E-state index contributed by atoms with van der Waals surface area (Å²) in [5.74, 6) is 0.0457. The number of nitrogens with one attached hydrogen (secondary N) is 1. The Morgan fingerprint density at radius 2 is 2.00 bits per heavy atom. The van der Waals surface area contributed by atoms with E-state index < -0.39 is 0 Å². The zero-order valence-corrected chi connectivity index (χ0v) is 10.9. The summed E-state index contributed by atoms with van der Waals surface area (Å²) in [4.78, 5) is 11.8. The number of aliphatic hydroxyl groups excluding tert-OH is 1. The summed E-state index contributed by atoms with van der Waals surface area (Å²) in [5, 5.41) is 12.3. The number of amides is 1. The van der Waals surface area contributed by atoms with Crippen molar-refractivity contribution in [3.05, 3.63) is 35.4 Å². The molecule has 1 fully saturated rings. The number of benzene rings is 1. The van der Waals surface area contributed by atoms with Crippen LogP contribution in [0.3, 0.4) is 0 Å². The van der Waals surface area contributed by atoms with Crippen LogP contribution in [0.1, 0.15) is 36.8 Å². The van der Waals surface area contributed by atoms with Crippen LogP contribution in [0.15, 0.2) is 24.3 Å². The maximum Gasteiger partial charge on any atom is 0.220 e. The monoisotopic (exact) mass is 247 g/mol. The van der Waals surface area contributed by atoms with Gasteiger partial charge in [0.25, 0.3) is 0 Å². The maximum absolute atomic E-state index is 11.8. The number of aliphatic hydroxyl groups is 1. The van der Waals surface area contributed by atoms with Crippen molar-refractivity contribution >= 4 is 5.91 Å². The Balaban J connectivity index is 1.79. The molecule has 0 spiro atoms. The average Bonchev–Trinajstić information content (AvgIpc) is 2.33. The van der Waals surface area contributed by atoms with Crippen LogP contribution in [0.25, 0.3) is 0 Å². The van der Waals surface area contributed by atoms with Crippen molar-refractivity contribution in [1.29, 1.82) is 0 Å². The topological polar surface area (TPSA) is 49.3 Å². The number of carbonyl (C=O) groups is 1. The number of hydrogen-bond donors (Lipinski definition) is 2. The zero-order valence-electron chi connectivity index (χ0n) is 10.9. The van der Waals surface area contributed by atoms with Crippen molar-refractivity contribution in [3.63, 3.8) is 0 Å². The lowest BCUT2D eigenvalue weighted by Gasteiger charge is -2.41. The molecule has 0 aliphatic heterocycles. The van der Waals surface area contributed by atoms with E-state index in [0.717, 1.165) is 25.7 Å². The Morgan fingerprint density at radius 3 is 2.50 bits per heavy atom. The van der Waals surface area contributed by atoms with Crippen molar-refractivity contribution in [1.82, 2.24) is 5.32 Å². The van der Waals surface area contributed by atoms with Gasteiger partial charge in [-0.15, -0.1) is 0 Å². The van der Waals surface area contributed by atoms with Crippen LogP contribution < -0.4 is 5.32 Å². The van der Waals surface area contributed by atoms with Gasteiger partial charge in [-0.3, -0.25) is 4.79 Å². The van der Waals surface area contributed by atoms with Gasteiger partial charge in [-0.1, -0.05) is 29.8 Å². The molecule has 1 aromatic carbocycles. The van der Waals surface area contributed by atoms with E-state index >= 15 is 0 Å². The van der Waals surface area contributed by atoms with Crippen molar-refractivity contribution in [3.8, 4) is 0 Å². The van der Waals surface area contributed by atoms with E-state index in [2.05, 4.69) is 36.5 Å². The van der Waals surface area contributed by atoms with Crippen LogP contribution in [0.4, 0.5) is 0 Å². The minimum absolute atomic E-state index is 0.0457. The third-order valence-corrected chi connectivity index (χ3v) is 3.78. The lowest BCUT2D eigenvalue weighted by molar-refractivity contribution is -0.125. The van der Waals surface area contributed by atoms with Gasteiger partial charge < -0.3 is 10.4 Å². The van der Waals surface area contributed by atoms with Crippen molar-refractivity contribution < 1.29 is 9.90 Å². The number of carbonyl (C=O) groups excluding carboxylic acids is 1. The predicted molar refractivity (Wildman–Crippen MR) is 71.3 cm³/mol. The summed E-state index contributed by atoms with van der Waals surface area (Å²) in [6, 6.07) is 8.25. The third-order valence-electron chi connectivity index (χ3n) is 3.78. The van der Waals surface area contributed by atoms with Gasteiger partial charge in [-0.25, -0.2) is 0 Å². The van der Waals surface area contributed by atoms with Gasteiger partial charge >= 0.3 is 0 Å². The van der Waals surface area contributed by atoms with E-state index in [9.17, 15) is 9.90 Å². The fourth-order valence-corrected chi connectivity index (χ4v) is 2.30. The molecule has 18 heavy (non-hydrogen) atoms. The van der Waals surface area contributed by atoms with Gasteiger partial charge in [-0.2, -0.15) is 0 Å². The van der Waals surface area contributed by atoms with Gasteiger partial charge in [0.15, 0.2) is 0 Å². The molecule has 3 nitrogen and oxygen atoms in total. The second-order valence-electron chi connectivity index (χ2n) is 5.33. The van der Waals surface area contributed by atoms with E-state index in [1.54, 1.807) is 0 Å². The van der Waals surface area contributed by atoms with E-state index in [1.807, 2.05) is 0 Å². The maximum atomic E-state index is 11.8. The summed E-state index contributed by atoms with van der Waals surface area (Å²) in [6.45, 7) is 2.11. The normalized spacial score (nSPS) is 17.0. The minimum Gasteiger partial charge on any atom is -0.394 e. The molecule has 1 aromatic rings. The fourth-order valence-electron chi connectivity index (χ4n) is 2.30. The predicted octanol–water partition coefficient (Wildman–Crippen LogP) is 1.96. The second-order valence-corrected chi connectivity index (χ2v) is 5.33. The van der Waals surface area contributed by atoms with Crippen LogP contribution in [-0.2, 0) is 11.2 Å². The van der Waals surface area contributed by atoms with E-state index in [1.165, 1.54) is 11.1 Å². The quantitative estimate of drug-likeness (QED) is 0.835. The first kappa shape index (κ1) is 13.1. The van der Waals surface area contributed by atoms with Gasteiger partial charge in [0.1, 0.15) is 0 Å². The molecular weight excluding hydrogens is 226 g/mol. The lowest BCUT2D eigenvalue weighted by Crippen LogP contribution is -2.56. The SMILES string of the molecule is Cc1ccc(CCC(=O)NC2(CO)CCC2)cc1. The highest BCUT2D eigenvalue weighted by Gasteiger charge is 2.37. The van der Waals surface area contributed by atoms with Crippen molar-refractivity contribution in [2.45, 2.75) is 44.6 Å². The molecule has 0 unspecified atom stereocenters. The average molecular weight is 247 g/mol. The molecular formula is C15H21NO2. The number of rotatable bonds is 5. The van der Waals surface area contributed by atoms with E-state index in [0.29, 0.717) is 6.42 Å². The molecule has 2 rings (SSSR count). The Labute approximate surface area is 108 Å². The Hall–Kier alpha value is -1.35. The summed E-state index contributed by atoms with van der Waals surface area (Å²) >= 11 is 0. The van der Waals surface area contributed by atoms with Crippen LogP contribution in [0.5, 0.6) is 0 Å². The van der Waals surface area contributed by atoms with Crippen molar-refractivity contribution in [2.75, 3.05) is 6.61 Å². The molecule has 3 heteroatoms. The van der Waals surface area contributed by atoms with Crippen LogP contribution in [0.2, 0.25) is 0 Å². The molecule has 1 saturated carbocycles. The molecule has 0 saturated heterocycles. The Morgan fingerprint density at radius 1 is 1.33 bits per heavy atom. The molecule has 0 aromatic heterocycles. The first-order valence-corrected chi connectivity index (χ1v) is 6.61. The summed E-state index contributed by atoms with van der Waals surface area (Å²) in [6.07, 6.45) is 4.15. The van der Waals surface area contributed by atoms with Crippen LogP contribution in [-0.4, -0.2) is 23.2 Å². The smallest absolute Gasteiger partial charge is 0.220 e. The van der Waals surface area contributed by atoms with E-state index in [-0.39, 0.29) is 18.1 Å². The largest absolute Gasteiger partial charge is 0.394 e. The van der Waals surface area contributed by atoms with Crippen molar-refractivity contribution in [2.24, 2.45) is 0 Å². The Kier molecular flexibility index (Phi) is 4.02. The highest BCUT2D eigenvalue weighted by atomic mass is 16.3. The van der Waals surface area contributed by atoms with Gasteiger partial charge in [-0.05, 0) is 38.2 Å². The molecule has 98 valence electrons. The molecule has 2 N–H and O–H groups in total. The summed E-state index contributed by atoms with van der Waals surface area (Å²) < 4.78 is 0. The van der Waals surface area contributed by atoms with Crippen LogP contribution in [0, 0.1) is 6.92 Å². The molecule has 0 bridgehead atoms. The highest BCUT2D eigenvalue weighted by molar-refractivity contribution is 5.77. The molecule has 0 radical (unpaired) electrons. The van der Waals surface area contributed by atoms with Gasteiger partial charge in [0.2, 0.25) is 5.91 Å². The van der Waals surface area contributed by atoms with Crippen LogP contribution >= 0.6 is 0 Å². The number of hydrogen-bond acceptors (Lipinski definition) is 2. The summed E-state index contributed by atoms with van der Waals surface area (Å²) in [7, 11) is 0. The number of aryl methyl sites for hydroxylation is 2. The third kappa shape index (κ3) is 3.10. The first-order valence-electron chi connectivity index (χ1n) is 6.61. The molecule has 1 aliphatic carbocycles. The summed E-state index contributed by atoms with van der Waals surface area (Å²) in [5.41, 5.74) is 2.10. The lowest BCUT2D eigenvalue weighted by atomic mass is 9.77. The van der Waals surface area contributed by atoms with E-state index in [4.69, 9.17) is 0 Å². The van der Waals surface area contributed by atoms with Gasteiger partial charge in [0.05, 0.1) is 12.1 Å². The Bertz CT molecular complexity index is 401. The highest BCUT2D eigenvalue weighted by Crippen LogP contribution is 2.31. The second kappa shape index (κ2) is 5.53. The molecule has 0 heterocycles. The molecule has 0 atom stereocenters. The minimum atomic E-state index is -0.315. The molecule has 1 aliphatic rings. The molecule has 1 amide bonds. The standard InChI is InChI=1S/C15H21NO2/c1-12-3-5-13(6-4-12)7-8-14(18)16-15(11-17)9-2-10-15/h3-6,17H,2,7-11H2,1H3,(H,16,18). The van der Waals surface area contributed by atoms with Gasteiger partial charge in [0, 0.05) is 6.42 Å². The zero-order chi connectivity index (χ0) is 13.0. The first-order chi connectivity index (χ1) is 8.63.